The van der Waals surface area contributed by atoms with Gasteiger partial charge in [-0.25, -0.2) is 0 Å². The van der Waals surface area contributed by atoms with Crippen molar-refractivity contribution in [2.24, 2.45) is 0 Å². The smallest absolute Gasteiger partial charge is 0.459 e. The van der Waals surface area contributed by atoms with Gasteiger partial charge in [0, 0.05) is 13.1 Å². The number of benzene rings is 1. The molecule has 0 bridgehead atoms. The van der Waals surface area contributed by atoms with Crippen LogP contribution in [0.4, 0.5) is 0 Å². The number of nitrogens with zero attached hydrogens (tertiary/aromatic N) is 8. The topological polar surface area (TPSA) is 173 Å². The van der Waals surface area contributed by atoms with Gasteiger partial charge >= 0.3 is 213 Å². The fourth-order valence-electron chi connectivity index (χ4n) is 6.02. The SMILES string of the molecule is CC(C)(C)OC(=O)CN1CCN(CC(=O)NCc2cc(-c3nncnn3)c[c]([Sn]([CH3])([CH3])[CH3])c2)CCN(CC(=O)OC(C)(C)C)CCN(CC(=O)OC(C)(C)C)CC1. The quantitative estimate of drug-likeness (QED) is 0.187. The van der Waals surface area contributed by atoms with E-state index in [1.165, 1.54) is 9.91 Å². The van der Waals surface area contributed by atoms with E-state index < -0.39 is 35.2 Å². The monoisotopic (exact) mass is 905 g/mol. The van der Waals surface area contributed by atoms with E-state index in [2.05, 4.69) is 52.7 Å². The van der Waals surface area contributed by atoms with Crippen LogP contribution in [0.2, 0.25) is 14.8 Å². The average Bonchev–Trinajstić information content (AvgIpc) is 3.05. The van der Waals surface area contributed by atoms with Gasteiger partial charge in [0.2, 0.25) is 0 Å². The fourth-order valence-corrected chi connectivity index (χ4v) is 9.46. The van der Waals surface area contributed by atoms with Crippen molar-refractivity contribution >= 4 is 45.8 Å². The molecule has 0 saturated carbocycles. The Labute approximate surface area is 343 Å². The Bertz CT molecular complexity index is 1590. The van der Waals surface area contributed by atoms with E-state index in [4.69, 9.17) is 14.2 Å². The maximum atomic E-state index is 13.7. The zero-order chi connectivity index (χ0) is 42.6. The molecule has 3 rings (SSSR count). The minimum absolute atomic E-state index is 0.0516. The summed E-state index contributed by atoms with van der Waals surface area (Å²) in [5, 5.41) is 19.2. The number of hydrogen-bond acceptors (Lipinski definition) is 15. The van der Waals surface area contributed by atoms with Crippen molar-refractivity contribution in [2.45, 2.75) is 100 Å². The van der Waals surface area contributed by atoms with Gasteiger partial charge in [-0.2, -0.15) is 0 Å². The molecule has 1 fully saturated rings. The Hall–Kier alpha value is -3.32. The van der Waals surface area contributed by atoms with Crippen molar-refractivity contribution in [1.82, 2.24) is 45.3 Å². The summed E-state index contributed by atoms with van der Waals surface area (Å²) in [6.07, 6.45) is 1.30. The van der Waals surface area contributed by atoms with Crippen molar-refractivity contribution in [3.8, 4) is 11.4 Å². The summed E-state index contributed by atoms with van der Waals surface area (Å²) in [7, 11) is 0. The first kappa shape index (κ1) is 48.1. The first-order valence-electron chi connectivity index (χ1n) is 19.8. The van der Waals surface area contributed by atoms with Crippen LogP contribution in [0.25, 0.3) is 11.4 Å². The van der Waals surface area contributed by atoms with Crippen LogP contribution in [0.3, 0.4) is 0 Å². The summed E-state index contributed by atoms with van der Waals surface area (Å²) in [5.74, 6) is -0.781. The minimum Gasteiger partial charge on any atom is -0.459 e. The molecule has 2 heterocycles. The Morgan fingerprint density at radius 3 is 1.32 bits per heavy atom. The second-order valence-corrected chi connectivity index (χ2v) is 33.2. The Kier molecular flexibility index (Phi) is 17.8. The van der Waals surface area contributed by atoms with Gasteiger partial charge in [-0.15, -0.1) is 0 Å². The van der Waals surface area contributed by atoms with E-state index >= 15 is 0 Å². The van der Waals surface area contributed by atoms with E-state index in [0.717, 1.165) is 11.1 Å². The minimum atomic E-state index is -2.56. The number of aromatic nitrogens is 4. The zero-order valence-corrected chi connectivity index (χ0v) is 39.3. The van der Waals surface area contributed by atoms with Gasteiger partial charge in [0.05, 0.1) is 6.54 Å². The van der Waals surface area contributed by atoms with Crippen LogP contribution in [0, 0.1) is 0 Å². The Morgan fingerprint density at radius 1 is 0.596 bits per heavy atom. The van der Waals surface area contributed by atoms with Crippen molar-refractivity contribution in [1.29, 1.82) is 0 Å². The number of carbonyl (C=O) groups is 4. The summed E-state index contributed by atoms with van der Waals surface area (Å²) >= 11 is -2.56. The molecule has 1 aromatic heterocycles. The van der Waals surface area contributed by atoms with Gasteiger partial charge in [-0.1, -0.05) is 0 Å². The molecule has 0 unspecified atom stereocenters. The number of nitrogens with one attached hydrogen (secondary N) is 1. The van der Waals surface area contributed by atoms with Crippen LogP contribution in [-0.2, 0) is 39.9 Å². The summed E-state index contributed by atoms with van der Waals surface area (Å²) < 4.78 is 18.2. The number of esters is 3. The van der Waals surface area contributed by atoms with Crippen LogP contribution in [0.15, 0.2) is 24.5 Å². The van der Waals surface area contributed by atoms with Crippen LogP contribution >= 0.6 is 0 Å². The molecular weight excluding hydrogens is 837 g/mol. The van der Waals surface area contributed by atoms with Gasteiger partial charge in [-0.05, 0) is 62.3 Å². The third kappa shape index (κ3) is 19.8. The Morgan fingerprint density at radius 2 is 0.965 bits per heavy atom. The molecular formula is C40H67N9O7Sn. The first-order valence-corrected chi connectivity index (χ1v) is 29.8. The third-order valence-corrected chi connectivity index (χ3v) is 14.4. The Balaban J connectivity index is 1.84. The van der Waals surface area contributed by atoms with Crippen molar-refractivity contribution in [2.75, 3.05) is 78.5 Å². The van der Waals surface area contributed by atoms with Crippen LogP contribution in [0.1, 0.15) is 67.9 Å². The average molecular weight is 905 g/mol. The normalized spacial score (nSPS) is 16.6. The predicted molar refractivity (Wildman–Crippen MR) is 221 cm³/mol. The molecule has 0 aliphatic carbocycles. The second-order valence-electron chi connectivity index (χ2n) is 18.7. The molecule has 16 nitrogen and oxygen atoms in total. The standard InChI is InChI=1S/C37H58N9O7.3CH3.Sn/c1-35(2,3)51-31(48)24-44-15-13-43(23-30(47)38-22-28-11-10-12-29(21-28)34-41-39-27-40-42-34)14-16-45(25-32(49)52-36(4,5)6)18-20-46(19-17-44)26-33(50)53-37(7,8)9;;;;/h11-12,21,27H,13-20,22-26H2,1-9H3,(H,38,47);3*1H3;. The molecule has 1 amide bonds. The summed E-state index contributed by atoms with van der Waals surface area (Å²) in [4.78, 5) is 67.8. The van der Waals surface area contributed by atoms with Crippen LogP contribution in [-0.4, -0.2) is 178 Å². The number of carbonyl (C=O) groups excluding carboxylic acids is 4. The zero-order valence-electron chi connectivity index (χ0n) is 36.4. The van der Waals surface area contributed by atoms with Gasteiger partial charge in [0.1, 0.15) is 16.8 Å². The molecule has 1 N–H and O–H groups in total. The van der Waals surface area contributed by atoms with Crippen molar-refractivity contribution in [3.05, 3.63) is 30.1 Å². The number of rotatable bonds is 12. The first-order chi connectivity index (χ1) is 26.3. The molecule has 0 spiro atoms. The molecule has 0 radical (unpaired) electrons. The molecule has 57 heavy (non-hydrogen) atoms. The molecule has 1 aromatic carbocycles. The summed E-state index contributed by atoms with van der Waals surface area (Å²) in [5.41, 5.74) is -0.184. The summed E-state index contributed by atoms with van der Waals surface area (Å²) in [6, 6.07) is 6.24. The van der Waals surface area contributed by atoms with E-state index in [1.54, 1.807) is 0 Å². The third-order valence-electron chi connectivity index (χ3n) is 8.63. The van der Waals surface area contributed by atoms with E-state index in [1.807, 2.05) is 88.0 Å². The van der Waals surface area contributed by atoms with Crippen molar-refractivity contribution < 1.29 is 33.4 Å². The van der Waals surface area contributed by atoms with E-state index in [-0.39, 0.29) is 50.0 Å². The van der Waals surface area contributed by atoms with Gasteiger partial charge in [0.25, 0.3) is 0 Å². The fraction of sp³-hybridized carbons (Fsp3) is 0.700. The van der Waals surface area contributed by atoms with Gasteiger partial charge < -0.3 is 14.2 Å². The molecule has 1 aliphatic rings. The summed E-state index contributed by atoms with van der Waals surface area (Å²) in [6.45, 7) is 20.8. The van der Waals surface area contributed by atoms with Gasteiger partial charge in [0.15, 0.2) is 0 Å². The van der Waals surface area contributed by atoms with Gasteiger partial charge in [-0.3, -0.25) is 19.3 Å². The molecule has 2 aromatic rings. The number of amides is 1. The predicted octanol–water partition coefficient (Wildman–Crippen LogP) is 2.34. The maximum absolute atomic E-state index is 13.7. The molecule has 1 saturated heterocycles. The van der Waals surface area contributed by atoms with E-state index in [0.29, 0.717) is 64.7 Å². The number of ether oxygens (including phenoxy) is 3. The van der Waals surface area contributed by atoms with Crippen molar-refractivity contribution in [3.63, 3.8) is 0 Å². The van der Waals surface area contributed by atoms with E-state index in [9.17, 15) is 19.2 Å². The molecule has 318 valence electrons. The number of hydrogen-bond donors (Lipinski definition) is 1. The molecule has 1 aliphatic heterocycles. The van der Waals surface area contributed by atoms with Crippen LogP contribution in [0.5, 0.6) is 0 Å². The second kappa shape index (κ2) is 21.1. The molecule has 0 atom stereocenters. The van der Waals surface area contributed by atoms with Crippen LogP contribution < -0.4 is 8.90 Å². The molecule has 17 heteroatoms.